The number of nitrogens with one attached hydrogen (secondary N) is 1. The van der Waals surface area contributed by atoms with Gasteiger partial charge in [-0.25, -0.2) is 14.8 Å². The van der Waals surface area contributed by atoms with Crippen molar-refractivity contribution < 1.29 is 18.7 Å². The van der Waals surface area contributed by atoms with Gasteiger partial charge >= 0.3 is 5.97 Å². The third-order valence-corrected chi connectivity index (χ3v) is 4.03. The van der Waals surface area contributed by atoms with E-state index in [9.17, 15) is 9.59 Å². The van der Waals surface area contributed by atoms with Crippen LogP contribution in [0.3, 0.4) is 0 Å². The van der Waals surface area contributed by atoms with Crippen LogP contribution in [0.2, 0.25) is 0 Å². The summed E-state index contributed by atoms with van der Waals surface area (Å²) in [5.41, 5.74) is 1.93. The Morgan fingerprint density at radius 2 is 2.08 bits per heavy atom. The number of imidazole rings is 1. The first kappa shape index (κ1) is 17.7. The topological polar surface area (TPSA) is 99.2 Å². The monoisotopic (exact) mass is 356 g/mol. The number of aromatic nitrogens is 3. The Labute approximate surface area is 150 Å². The average molecular weight is 356 g/mol. The number of benzene rings is 1. The van der Waals surface area contributed by atoms with Gasteiger partial charge in [-0.2, -0.15) is 0 Å². The van der Waals surface area contributed by atoms with Crippen LogP contribution in [0.1, 0.15) is 30.2 Å². The minimum absolute atomic E-state index is 0.110. The van der Waals surface area contributed by atoms with Gasteiger partial charge < -0.3 is 19.0 Å². The molecule has 26 heavy (non-hydrogen) atoms. The molecule has 8 heteroatoms. The highest BCUT2D eigenvalue weighted by molar-refractivity contribution is 5.95. The molecule has 0 aliphatic rings. The molecule has 0 unspecified atom stereocenters. The molecule has 1 atom stereocenters. The number of nitrogens with zero attached hydrogens (tertiary/aromatic N) is 3. The van der Waals surface area contributed by atoms with Gasteiger partial charge in [0.1, 0.15) is 18.8 Å². The first-order chi connectivity index (χ1) is 12.5. The first-order valence-corrected chi connectivity index (χ1v) is 8.22. The number of carbonyl (C=O) groups excluding carboxylic acids is 2. The molecule has 1 aromatic carbocycles. The van der Waals surface area contributed by atoms with Crippen molar-refractivity contribution in [1.82, 2.24) is 19.9 Å². The van der Waals surface area contributed by atoms with Crippen molar-refractivity contribution in [3.05, 3.63) is 48.4 Å². The highest BCUT2D eigenvalue weighted by atomic mass is 16.5. The van der Waals surface area contributed by atoms with E-state index in [2.05, 4.69) is 15.3 Å². The molecule has 0 spiro atoms. The standard InChI is InChI=1S/C18H20N4O4/c1-11(2)16(18(24)25-3)21-17(23)13-9-26-15(20-13)8-22-10-19-12-6-4-5-7-14(12)22/h4-7,9-11,16H,8H2,1-3H3,(H,21,23)/t16-/m0/s1. The Bertz CT molecular complexity index is 928. The number of amides is 1. The summed E-state index contributed by atoms with van der Waals surface area (Å²) in [6.07, 6.45) is 2.97. The number of esters is 1. The maximum atomic E-state index is 12.3. The van der Waals surface area contributed by atoms with Crippen LogP contribution in [-0.4, -0.2) is 39.6 Å². The normalized spacial score (nSPS) is 12.3. The zero-order valence-corrected chi connectivity index (χ0v) is 14.8. The number of methoxy groups -OCH3 is 1. The van der Waals surface area contributed by atoms with E-state index < -0.39 is 17.9 Å². The second kappa shape index (κ2) is 7.38. The lowest BCUT2D eigenvalue weighted by molar-refractivity contribution is -0.144. The van der Waals surface area contributed by atoms with Crippen molar-refractivity contribution >= 4 is 22.9 Å². The van der Waals surface area contributed by atoms with Crippen LogP contribution in [0.25, 0.3) is 11.0 Å². The lowest BCUT2D eigenvalue weighted by atomic mass is 10.0. The van der Waals surface area contributed by atoms with Crippen molar-refractivity contribution in [3.8, 4) is 0 Å². The molecule has 0 bridgehead atoms. The van der Waals surface area contributed by atoms with Crippen LogP contribution in [0.4, 0.5) is 0 Å². The van der Waals surface area contributed by atoms with E-state index in [1.54, 1.807) is 6.33 Å². The molecule has 0 saturated carbocycles. The molecule has 1 amide bonds. The molecule has 3 aromatic rings. The molecule has 0 radical (unpaired) electrons. The van der Waals surface area contributed by atoms with Crippen molar-refractivity contribution in [2.24, 2.45) is 5.92 Å². The van der Waals surface area contributed by atoms with Crippen LogP contribution >= 0.6 is 0 Å². The SMILES string of the molecule is COC(=O)[C@@H](NC(=O)c1coc(Cn2cnc3ccccc32)n1)C(C)C. The maximum Gasteiger partial charge on any atom is 0.328 e. The Balaban J connectivity index is 1.73. The van der Waals surface area contributed by atoms with Crippen molar-refractivity contribution in [1.29, 1.82) is 0 Å². The van der Waals surface area contributed by atoms with Crippen LogP contribution in [-0.2, 0) is 16.1 Å². The van der Waals surface area contributed by atoms with Gasteiger partial charge in [0.05, 0.1) is 24.5 Å². The molecule has 1 N–H and O–H groups in total. The molecular weight excluding hydrogens is 336 g/mol. The zero-order valence-electron chi connectivity index (χ0n) is 14.8. The van der Waals surface area contributed by atoms with Gasteiger partial charge in [-0.05, 0) is 18.1 Å². The van der Waals surface area contributed by atoms with Gasteiger partial charge in [-0.3, -0.25) is 4.79 Å². The number of ether oxygens (including phenoxy) is 1. The number of carbonyl (C=O) groups is 2. The largest absolute Gasteiger partial charge is 0.467 e. The third-order valence-electron chi connectivity index (χ3n) is 4.03. The lowest BCUT2D eigenvalue weighted by Gasteiger charge is -2.18. The summed E-state index contributed by atoms with van der Waals surface area (Å²) >= 11 is 0. The number of fused-ring (bicyclic) bond motifs is 1. The summed E-state index contributed by atoms with van der Waals surface area (Å²) < 4.78 is 12.0. The van der Waals surface area contributed by atoms with Crippen molar-refractivity contribution in [2.45, 2.75) is 26.4 Å². The third kappa shape index (κ3) is 3.58. The molecule has 0 aliphatic heterocycles. The van der Waals surface area contributed by atoms with E-state index in [1.807, 2.05) is 42.7 Å². The second-order valence-corrected chi connectivity index (χ2v) is 6.21. The smallest absolute Gasteiger partial charge is 0.328 e. The predicted molar refractivity (Wildman–Crippen MR) is 93.4 cm³/mol. The van der Waals surface area contributed by atoms with Gasteiger partial charge in [-0.15, -0.1) is 0 Å². The Hall–Kier alpha value is -3.16. The lowest BCUT2D eigenvalue weighted by Crippen LogP contribution is -2.45. The molecule has 0 fully saturated rings. The number of rotatable bonds is 6. The van der Waals surface area contributed by atoms with E-state index in [1.165, 1.54) is 13.4 Å². The maximum absolute atomic E-state index is 12.3. The second-order valence-electron chi connectivity index (χ2n) is 6.21. The van der Waals surface area contributed by atoms with Gasteiger partial charge in [0, 0.05) is 0 Å². The van der Waals surface area contributed by atoms with Crippen LogP contribution < -0.4 is 5.32 Å². The minimum Gasteiger partial charge on any atom is -0.467 e. The van der Waals surface area contributed by atoms with Crippen molar-refractivity contribution in [2.75, 3.05) is 7.11 Å². The van der Waals surface area contributed by atoms with Crippen LogP contribution in [0, 0.1) is 5.92 Å². The number of para-hydroxylation sites is 2. The van der Waals surface area contributed by atoms with Crippen LogP contribution in [0.15, 0.2) is 41.3 Å². The van der Waals surface area contributed by atoms with Crippen LogP contribution in [0.5, 0.6) is 0 Å². The number of oxazole rings is 1. The highest BCUT2D eigenvalue weighted by Crippen LogP contribution is 2.14. The molecule has 2 heterocycles. The number of hydrogen-bond donors (Lipinski definition) is 1. The fourth-order valence-corrected chi connectivity index (χ4v) is 2.61. The molecule has 0 saturated heterocycles. The van der Waals surface area contributed by atoms with E-state index in [0.717, 1.165) is 11.0 Å². The molecule has 3 rings (SSSR count). The van der Waals surface area contributed by atoms with E-state index in [0.29, 0.717) is 12.4 Å². The summed E-state index contributed by atoms with van der Waals surface area (Å²) in [6, 6.07) is 6.96. The van der Waals surface area contributed by atoms with Crippen molar-refractivity contribution in [3.63, 3.8) is 0 Å². The Morgan fingerprint density at radius 1 is 1.31 bits per heavy atom. The Kier molecular flexibility index (Phi) is 5.01. The minimum atomic E-state index is -0.745. The summed E-state index contributed by atoms with van der Waals surface area (Å²) in [5, 5.41) is 2.63. The van der Waals surface area contributed by atoms with E-state index >= 15 is 0 Å². The summed E-state index contributed by atoms with van der Waals surface area (Å²) in [5.74, 6) is -0.728. The highest BCUT2D eigenvalue weighted by Gasteiger charge is 2.26. The predicted octanol–water partition coefficient (Wildman–Crippen LogP) is 2.00. The molecular formula is C18H20N4O4. The van der Waals surface area contributed by atoms with Gasteiger partial charge in [0.15, 0.2) is 5.69 Å². The fraction of sp³-hybridized carbons (Fsp3) is 0.333. The fourth-order valence-electron chi connectivity index (χ4n) is 2.61. The van der Waals surface area contributed by atoms with Gasteiger partial charge in [0.25, 0.3) is 5.91 Å². The van der Waals surface area contributed by atoms with Gasteiger partial charge in [0.2, 0.25) is 5.89 Å². The molecule has 136 valence electrons. The average Bonchev–Trinajstić information content (AvgIpc) is 3.26. The summed E-state index contributed by atoms with van der Waals surface area (Å²) in [7, 11) is 1.29. The number of hydrogen-bond acceptors (Lipinski definition) is 6. The Morgan fingerprint density at radius 3 is 2.81 bits per heavy atom. The quantitative estimate of drug-likeness (QED) is 0.678. The first-order valence-electron chi connectivity index (χ1n) is 8.22. The summed E-state index contributed by atoms with van der Waals surface area (Å²) in [6.45, 7) is 3.99. The molecule has 2 aromatic heterocycles. The van der Waals surface area contributed by atoms with E-state index in [4.69, 9.17) is 9.15 Å². The van der Waals surface area contributed by atoms with E-state index in [-0.39, 0.29) is 11.6 Å². The van der Waals surface area contributed by atoms with Gasteiger partial charge in [-0.1, -0.05) is 26.0 Å². The summed E-state index contributed by atoms with van der Waals surface area (Å²) in [4.78, 5) is 32.6. The molecule has 8 nitrogen and oxygen atoms in total. The molecule has 0 aliphatic carbocycles. The zero-order chi connectivity index (χ0) is 18.7.